The molecule has 2 amide bonds. The van der Waals surface area contributed by atoms with Gasteiger partial charge >= 0.3 is 0 Å². The molecule has 1 saturated heterocycles. The second-order valence-corrected chi connectivity index (χ2v) is 10.6. The minimum Gasteiger partial charge on any atom is -0.365 e. The first-order valence-electron chi connectivity index (χ1n) is 14.3. The molecular formula is C32H36FN7O2. The van der Waals surface area contributed by atoms with E-state index in [1.165, 1.54) is 19.1 Å². The molecule has 0 saturated carbocycles. The number of hydrogen-bond acceptors (Lipinski definition) is 7. The number of pyridine rings is 1. The molecule has 1 atom stereocenters. The van der Waals surface area contributed by atoms with Crippen molar-refractivity contribution in [1.82, 2.24) is 10.3 Å². The summed E-state index contributed by atoms with van der Waals surface area (Å²) in [6.45, 7) is 8.19. The number of aryl methyl sites for hydroxylation is 2. The number of allylic oxidation sites excluding steroid dienone is 1. The van der Waals surface area contributed by atoms with Crippen LogP contribution in [0, 0.1) is 5.82 Å². The summed E-state index contributed by atoms with van der Waals surface area (Å²) in [5, 5.41) is 12.6. The number of carbonyl (C=O) groups excluding carboxylic acids is 2. The summed E-state index contributed by atoms with van der Waals surface area (Å²) >= 11 is 0. The van der Waals surface area contributed by atoms with E-state index >= 15 is 0 Å². The molecule has 2 heterocycles. The molecule has 0 spiro atoms. The van der Waals surface area contributed by atoms with Gasteiger partial charge in [0.25, 0.3) is 11.8 Å². The van der Waals surface area contributed by atoms with Crippen LogP contribution in [-0.2, 0) is 17.6 Å². The molecule has 9 nitrogen and oxygen atoms in total. The summed E-state index contributed by atoms with van der Waals surface area (Å²) in [7, 11) is 0. The topological polar surface area (TPSA) is 116 Å². The minimum atomic E-state index is -0.654. The van der Waals surface area contributed by atoms with E-state index in [1.54, 1.807) is 23.3 Å². The van der Waals surface area contributed by atoms with Gasteiger partial charge in [-0.25, -0.2) is 14.4 Å². The van der Waals surface area contributed by atoms with Gasteiger partial charge < -0.3 is 21.3 Å². The summed E-state index contributed by atoms with van der Waals surface area (Å²) < 4.78 is 13.7. The lowest BCUT2D eigenvalue weighted by Crippen LogP contribution is -2.49. The van der Waals surface area contributed by atoms with Gasteiger partial charge in [-0.05, 0) is 86.7 Å². The number of nitrogens with zero attached hydrogens (tertiary/aromatic N) is 4. The Balaban J connectivity index is 1.47. The zero-order chi connectivity index (χ0) is 29.8. The monoisotopic (exact) mass is 569 g/mol. The molecule has 10 heteroatoms. The number of rotatable bonds is 8. The zero-order valence-corrected chi connectivity index (χ0v) is 24.2. The summed E-state index contributed by atoms with van der Waals surface area (Å²) in [6, 6.07) is 13.9. The van der Waals surface area contributed by atoms with Gasteiger partial charge in [-0.1, -0.05) is 19.1 Å². The third kappa shape index (κ3) is 6.33. The molecule has 1 aliphatic heterocycles. The van der Waals surface area contributed by atoms with Crippen molar-refractivity contribution < 1.29 is 14.0 Å². The summed E-state index contributed by atoms with van der Waals surface area (Å²) in [5.41, 5.74) is 10.9. The fourth-order valence-corrected chi connectivity index (χ4v) is 5.30. The molecule has 1 fully saturated rings. The van der Waals surface area contributed by atoms with Gasteiger partial charge in [-0.15, -0.1) is 0 Å². The Labute approximate surface area is 245 Å². The van der Waals surface area contributed by atoms with Crippen LogP contribution in [0.25, 0.3) is 5.70 Å². The number of carbonyl (C=O) groups is 2. The van der Waals surface area contributed by atoms with Crippen LogP contribution in [0.2, 0.25) is 0 Å². The van der Waals surface area contributed by atoms with Crippen molar-refractivity contribution in [2.75, 3.05) is 34.9 Å². The van der Waals surface area contributed by atoms with Gasteiger partial charge in [0.05, 0.1) is 11.4 Å². The van der Waals surface area contributed by atoms with E-state index in [0.29, 0.717) is 35.1 Å². The van der Waals surface area contributed by atoms with E-state index in [9.17, 15) is 14.0 Å². The average Bonchev–Trinajstić information content (AvgIpc) is 2.99. The Bertz CT molecular complexity index is 1550. The second kappa shape index (κ2) is 12.5. The quantitative estimate of drug-likeness (QED) is 0.272. The molecule has 42 heavy (non-hydrogen) atoms. The number of hydrogen-bond donors (Lipinski definition) is 3. The van der Waals surface area contributed by atoms with E-state index in [4.69, 9.17) is 5.73 Å². The smallest absolute Gasteiger partial charge is 0.264 e. The Hall–Kier alpha value is -4.57. The maximum atomic E-state index is 13.7. The highest BCUT2D eigenvalue weighted by molar-refractivity contribution is 6.37. The van der Waals surface area contributed by atoms with Gasteiger partial charge in [0.2, 0.25) is 0 Å². The van der Waals surface area contributed by atoms with Crippen LogP contribution in [-0.4, -0.2) is 48.2 Å². The van der Waals surface area contributed by atoms with Crippen molar-refractivity contribution in [3.05, 3.63) is 88.9 Å². The molecule has 3 aromatic rings. The van der Waals surface area contributed by atoms with Gasteiger partial charge in [-0.3, -0.25) is 9.59 Å². The van der Waals surface area contributed by atoms with E-state index in [2.05, 4.69) is 32.5 Å². The van der Waals surface area contributed by atoms with Crippen LogP contribution in [0.3, 0.4) is 0 Å². The SMILES string of the molecule is CCc1cnc(N2CCNC(C)C2)cc1C(=O)Nc1ccc2c(c1)C(N(/N=C(\C)C(N)=O)c1ccc(F)cc1)=CCC2. The number of aromatic nitrogens is 1. The van der Waals surface area contributed by atoms with Crippen molar-refractivity contribution >= 4 is 40.4 Å². The van der Waals surface area contributed by atoms with Crippen molar-refractivity contribution in [3.63, 3.8) is 0 Å². The fourth-order valence-electron chi connectivity index (χ4n) is 5.30. The number of nitrogens with one attached hydrogen (secondary N) is 2. The van der Waals surface area contributed by atoms with E-state index < -0.39 is 5.91 Å². The maximum Gasteiger partial charge on any atom is 0.264 e. The number of amides is 2. The zero-order valence-electron chi connectivity index (χ0n) is 24.2. The number of anilines is 3. The first-order valence-corrected chi connectivity index (χ1v) is 14.3. The van der Waals surface area contributed by atoms with Crippen LogP contribution in [0.15, 0.2) is 65.9 Å². The van der Waals surface area contributed by atoms with Gasteiger partial charge in [0.1, 0.15) is 17.3 Å². The maximum absolute atomic E-state index is 13.7. The first-order chi connectivity index (χ1) is 20.2. The molecule has 0 radical (unpaired) electrons. The van der Waals surface area contributed by atoms with E-state index in [0.717, 1.165) is 55.0 Å². The highest BCUT2D eigenvalue weighted by Gasteiger charge is 2.23. The van der Waals surface area contributed by atoms with E-state index in [1.807, 2.05) is 37.3 Å². The minimum absolute atomic E-state index is 0.108. The number of benzene rings is 2. The van der Waals surface area contributed by atoms with Crippen molar-refractivity contribution in [2.24, 2.45) is 10.8 Å². The largest absolute Gasteiger partial charge is 0.365 e. The standard InChI is InChI=1S/C32H36FN7O2/c1-4-22-18-36-30(39-15-14-35-20(2)19-39)17-28(22)32(42)37-25-11-8-23-6-5-7-29(27(23)16-25)40(38-21(3)31(34)41)26-12-9-24(33)10-13-26/h7-13,16-18,20,35H,4-6,14-15,19H2,1-3H3,(H2,34,41)(H,37,42)/b38-21+. The lowest BCUT2D eigenvalue weighted by Gasteiger charge is -2.33. The number of hydrazone groups is 1. The van der Waals surface area contributed by atoms with Crippen LogP contribution in [0.4, 0.5) is 21.6 Å². The number of fused-ring (bicyclic) bond motifs is 1. The van der Waals surface area contributed by atoms with Crippen molar-refractivity contribution in [3.8, 4) is 0 Å². The molecule has 1 unspecified atom stereocenters. The molecule has 4 N–H and O–H groups in total. The predicted octanol–water partition coefficient (Wildman–Crippen LogP) is 4.49. The Morgan fingerprint density at radius 3 is 2.71 bits per heavy atom. The number of halogens is 1. The molecular weight excluding hydrogens is 533 g/mol. The molecule has 1 aliphatic carbocycles. The lowest BCUT2D eigenvalue weighted by atomic mass is 9.93. The predicted molar refractivity (Wildman–Crippen MR) is 165 cm³/mol. The highest BCUT2D eigenvalue weighted by atomic mass is 19.1. The van der Waals surface area contributed by atoms with Crippen molar-refractivity contribution in [1.29, 1.82) is 0 Å². The molecule has 2 aromatic carbocycles. The fraction of sp³-hybridized carbons (Fsp3) is 0.312. The molecule has 1 aromatic heterocycles. The third-order valence-electron chi connectivity index (χ3n) is 7.59. The number of piperazine rings is 1. The molecule has 5 rings (SSSR count). The van der Waals surface area contributed by atoms with Gasteiger partial charge in [0, 0.05) is 48.7 Å². The van der Waals surface area contributed by atoms with Crippen LogP contribution in [0.5, 0.6) is 0 Å². The Kier molecular flexibility index (Phi) is 8.63. The third-order valence-corrected chi connectivity index (χ3v) is 7.59. The summed E-state index contributed by atoms with van der Waals surface area (Å²) in [5.74, 6) is -0.454. The van der Waals surface area contributed by atoms with Crippen LogP contribution >= 0.6 is 0 Å². The highest BCUT2D eigenvalue weighted by Crippen LogP contribution is 2.35. The van der Waals surface area contributed by atoms with E-state index in [-0.39, 0.29) is 17.4 Å². The van der Waals surface area contributed by atoms with Gasteiger partial charge in [0.15, 0.2) is 0 Å². The molecule has 0 bridgehead atoms. The van der Waals surface area contributed by atoms with Crippen LogP contribution in [0.1, 0.15) is 54.2 Å². The van der Waals surface area contributed by atoms with Crippen molar-refractivity contribution in [2.45, 2.75) is 46.1 Å². The normalized spacial score (nSPS) is 16.9. The molecule has 218 valence electrons. The lowest BCUT2D eigenvalue weighted by molar-refractivity contribution is -0.112. The second-order valence-electron chi connectivity index (χ2n) is 10.6. The number of nitrogens with two attached hydrogens (primary N) is 1. The average molecular weight is 570 g/mol. The number of primary amides is 1. The molecule has 2 aliphatic rings. The van der Waals surface area contributed by atoms with Gasteiger partial charge in [-0.2, -0.15) is 5.10 Å². The summed E-state index contributed by atoms with van der Waals surface area (Å²) in [6.07, 6.45) is 6.05. The van der Waals surface area contributed by atoms with Crippen LogP contribution < -0.4 is 26.3 Å². The Morgan fingerprint density at radius 2 is 2.00 bits per heavy atom. The Morgan fingerprint density at radius 1 is 1.21 bits per heavy atom. The first kappa shape index (κ1) is 28.9. The summed E-state index contributed by atoms with van der Waals surface area (Å²) in [4.78, 5) is 32.4.